The molecule has 9 nitrogen and oxygen atoms in total. The molecule has 0 N–H and O–H groups in total. The van der Waals surface area contributed by atoms with Crippen LogP contribution in [0, 0.1) is 46.5 Å². The first-order chi connectivity index (χ1) is 21.1. The van der Waals surface area contributed by atoms with Gasteiger partial charge in [-0.15, -0.1) is 11.8 Å². The number of halogens is 8. The van der Waals surface area contributed by atoms with E-state index in [1.54, 1.807) is 0 Å². The number of hydrogen-bond donors (Lipinski definition) is 0. The Bertz CT molecular complexity index is 1140. The second kappa shape index (κ2) is 20.5. The highest BCUT2D eigenvalue weighted by Crippen LogP contribution is 2.36. The lowest BCUT2D eigenvalue weighted by atomic mass is 10.2. The molecule has 0 amide bonds. The lowest BCUT2D eigenvalue weighted by Gasteiger charge is -2.22. The van der Waals surface area contributed by atoms with Crippen molar-refractivity contribution in [2.45, 2.75) is 65.9 Å². The van der Waals surface area contributed by atoms with Crippen molar-refractivity contribution < 1.29 is 78.6 Å². The number of unbranched alkanes of at least 4 members (excludes halogenated alkanes) is 3. The smallest absolute Gasteiger partial charge is 0.205 e. The summed E-state index contributed by atoms with van der Waals surface area (Å²) in [5, 5.41) is 24.9. The van der Waals surface area contributed by atoms with E-state index in [0.29, 0.717) is 31.2 Å². The molecule has 1 aliphatic heterocycles. The highest BCUT2D eigenvalue weighted by atomic mass is 32.2. The molecule has 1 fully saturated rings. The molecule has 1 heterocycles. The number of rotatable bonds is 16. The van der Waals surface area contributed by atoms with Crippen LogP contribution in [0.15, 0.2) is 14.7 Å². The van der Waals surface area contributed by atoms with Crippen LogP contribution >= 0.6 is 35.8 Å². The van der Waals surface area contributed by atoms with Crippen LogP contribution in [0.2, 0.25) is 0 Å². The van der Waals surface area contributed by atoms with Crippen LogP contribution in [-0.4, -0.2) is 32.4 Å². The Morgan fingerprint density at radius 1 is 0.659 bits per heavy atom. The summed E-state index contributed by atoms with van der Waals surface area (Å²) >= 11 is -0.0236. The van der Waals surface area contributed by atoms with E-state index in [4.69, 9.17) is 14.2 Å². The molecule has 20 heteroatoms. The molecule has 1 atom stereocenters. The maximum Gasteiger partial charge on any atom is 0.205 e. The zero-order valence-electron chi connectivity index (χ0n) is 22.6. The van der Waals surface area contributed by atoms with Crippen molar-refractivity contribution in [2.75, 3.05) is 26.1 Å². The number of ether oxygens (including phenoxy) is 3. The molecule has 250 valence electrons. The molecule has 2 aromatic carbocycles. The molecule has 2 aromatic rings. The maximum absolute atomic E-state index is 13.9. The van der Waals surface area contributed by atoms with Gasteiger partial charge in [0.05, 0.1) is 35.6 Å². The normalized spacial score (nSPS) is 14.8. The summed E-state index contributed by atoms with van der Waals surface area (Å²) in [6.45, 7) is 1.15. The van der Waals surface area contributed by atoms with Gasteiger partial charge in [-0.1, -0.05) is 6.42 Å². The predicted octanol–water partition coefficient (Wildman–Crippen LogP) is 6.15. The van der Waals surface area contributed by atoms with Gasteiger partial charge < -0.3 is 24.7 Å². The van der Waals surface area contributed by atoms with Gasteiger partial charge in [0.1, 0.15) is 9.79 Å². The van der Waals surface area contributed by atoms with E-state index < -0.39 is 67.0 Å². The topological polar surface area (TPSA) is 111 Å². The van der Waals surface area contributed by atoms with Crippen molar-refractivity contribution in [1.29, 1.82) is 0 Å². The SMILES string of the molecule is CSc1c(F)c(F)c(SOO[O-])c(F)c1F.[O-]OOSc1c(F)c(F)c(OCCCCCCOC2CCCCO2)c(F)c1F. The first kappa shape index (κ1) is 38.6. The zero-order chi connectivity index (χ0) is 32.6. The average molecular weight is 705 g/mol. The van der Waals surface area contributed by atoms with Crippen LogP contribution < -0.4 is 15.3 Å². The lowest BCUT2D eigenvalue weighted by molar-refractivity contribution is -0.777. The summed E-state index contributed by atoms with van der Waals surface area (Å²) in [7, 11) is 0. The molecule has 3 rings (SSSR count). The summed E-state index contributed by atoms with van der Waals surface area (Å²) in [6, 6.07) is 0. The Kier molecular flexibility index (Phi) is 18.0. The van der Waals surface area contributed by atoms with Gasteiger partial charge in [0, 0.05) is 13.2 Å². The molecule has 0 bridgehead atoms. The molecule has 1 aliphatic rings. The summed E-state index contributed by atoms with van der Waals surface area (Å²) in [4.78, 5) is -3.09. The molecule has 0 aliphatic carbocycles. The summed E-state index contributed by atoms with van der Waals surface area (Å²) in [5.41, 5.74) is 0. The fraction of sp³-hybridized carbons (Fsp3) is 0.500. The fourth-order valence-electron chi connectivity index (χ4n) is 3.52. The molecule has 44 heavy (non-hydrogen) atoms. The van der Waals surface area contributed by atoms with Crippen molar-refractivity contribution in [1.82, 2.24) is 0 Å². The zero-order valence-corrected chi connectivity index (χ0v) is 25.0. The van der Waals surface area contributed by atoms with Crippen LogP contribution in [0.1, 0.15) is 44.9 Å². The Morgan fingerprint density at radius 2 is 1.14 bits per heavy atom. The van der Waals surface area contributed by atoms with Crippen LogP contribution in [0.4, 0.5) is 35.1 Å². The third-order valence-electron chi connectivity index (χ3n) is 5.59. The molecule has 1 unspecified atom stereocenters. The third kappa shape index (κ3) is 11.0. The Hall–Kier alpha value is -1.59. The lowest BCUT2D eigenvalue weighted by Crippen LogP contribution is -2.22. The van der Waals surface area contributed by atoms with E-state index in [9.17, 15) is 45.6 Å². The van der Waals surface area contributed by atoms with Gasteiger partial charge in [-0.2, -0.15) is 17.4 Å². The summed E-state index contributed by atoms with van der Waals surface area (Å²) < 4.78 is 131. The maximum atomic E-state index is 13.9. The molecule has 0 spiro atoms. The Labute approximate surface area is 258 Å². The highest BCUT2D eigenvalue weighted by Gasteiger charge is 2.28. The Balaban J connectivity index is 0.000000358. The average Bonchev–Trinajstić information content (AvgIpc) is 3.03. The second-order valence-electron chi connectivity index (χ2n) is 8.40. The minimum atomic E-state index is -1.74. The first-order valence-corrected chi connectivity index (χ1v) is 15.2. The van der Waals surface area contributed by atoms with E-state index in [1.165, 1.54) is 6.26 Å². The standard InChI is InChI=1S/C17H22F4O6S.C7H4F4O3S2/c18-12-14(20)17(28-27-26-22)15(21)13(19)16(12)25-10-5-2-1-4-8-23-11-7-3-6-9-24-11;1-15-6-2(8)4(10)7(16-14-13-12)5(11)3(6)9/h11,22H,1-10H2;12H,1H3/p-2. The molecule has 0 radical (unpaired) electrons. The van der Waals surface area contributed by atoms with E-state index in [1.807, 2.05) is 0 Å². The van der Waals surface area contributed by atoms with Crippen molar-refractivity contribution in [2.24, 2.45) is 0 Å². The van der Waals surface area contributed by atoms with Gasteiger partial charge in [0.25, 0.3) is 0 Å². The van der Waals surface area contributed by atoms with E-state index in [0.717, 1.165) is 38.7 Å². The van der Waals surface area contributed by atoms with Crippen LogP contribution in [0.5, 0.6) is 5.75 Å². The van der Waals surface area contributed by atoms with Gasteiger partial charge >= 0.3 is 0 Å². The Morgan fingerprint density at radius 3 is 1.59 bits per heavy atom. The monoisotopic (exact) mass is 704 g/mol. The fourth-order valence-corrected chi connectivity index (χ4v) is 4.90. The van der Waals surface area contributed by atoms with Crippen molar-refractivity contribution in [3.05, 3.63) is 46.5 Å². The minimum absolute atomic E-state index is 0.119. The minimum Gasteiger partial charge on any atom is -0.691 e. The van der Waals surface area contributed by atoms with Gasteiger partial charge in [-0.3, -0.25) is 10.1 Å². The van der Waals surface area contributed by atoms with Gasteiger partial charge in [0.15, 0.2) is 46.9 Å². The molecule has 1 saturated heterocycles. The predicted molar refractivity (Wildman–Crippen MR) is 134 cm³/mol. The number of thioether (sulfide) groups is 1. The first-order valence-electron chi connectivity index (χ1n) is 12.5. The molecular formula is C24H24F8O9S3-2. The molecule has 0 aromatic heterocycles. The van der Waals surface area contributed by atoms with Gasteiger partial charge in [0.2, 0.25) is 11.6 Å². The second-order valence-corrected chi connectivity index (χ2v) is 10.6. The largest absolute Gasteiger partial charge is 0.691 e. The van der Waals surface area contributed by atoms with Gasteiger partial charge in [-0.05, 0) is 44.8 Å². The third-order valence-corrected chi connectivity index (χ3v) is 7.65. The van der Waals surface area contributed by atoms with E-state index in [2.05, 4.69) is 18.7 Å². The van der Waals surface area contributed by atoms with Crippen molar-refractivity contribution in [3.63, 3.8) is 0 Å². The quantitative estimate of drug-likeness (QED) is 0.0380. The number of benzene rings is 2. The van der Waals surface area contributed by atoms with Crippen LogP contribution in [-0.2, 0) is 28.2 Å². The van der Waals surface area contributed by atoms with Crippen LogP contribution in [0.3, 0.4) is 0 Å². The van der Waals surface area contributed by atoms with Crippen molar-refractivity contribution >= 4 is 35.8 Å². The molecular weight excluding hydrogens is 680 g/mol. The van der Waals surface area contributed by atoms with Crippen LogP contribution in [0.25, 0.3) is 0 Å². The summed E-state index contributed by atoms with van der Waals surface area (Å²) in [5.74, 6) is -14.5. The summed E-state index contributed by atoms with van der Waals surface area (Å²) in [6.07, 6.45) is 6.87. The van der Waals surface area contributed by atoms with E-state index in [-0.39, 0.29) is 37.0 Å². The molecule has 0 saturated carbocycles. The van der Waals surface area contributed by atoms with E-state index >= 15 is 0 Å². The van der Waals surface area contributed by atoms with Crippen molar-refractivity contribution in [3.8, 4) is 5.75 Å². The highest BCUT2D eigenvalue weighted by molar-refractivity contribution is 7.98. The van der Waals surface area contributed by atoms with Gasteiger partial charge in [-0.25, -0.2) is 26.3 Å². The number of hydrogen-bond acceptors (Lipinski definition) is 12.